The first-order valence-electron chi connectivity index (χ1n) is 7.87. The summed E-state index contributed by atoms with van der Waals surface area (Å²) in [5.74, 6) is 0.109. The molecular formula is C17H24F2N2. The summed E-state index contributed by atoms with van der Waals surface area (Å²) >= 11 is 0. The predicted octanol–water partition coefficient (Wildman–Crippen LogP) is 3.57. The summed E-state index contributed by atoms with van der Waals surface area (Å²) in [5.41, 5.74) is 0.716. The summed E-state index contributed by atoms with van der Waals surface area (Å²) in [6.07, 6.45) is 2.50. The quantitative estimate of drug-likeness (QED) is 0.917. The van der Waals surface area contributed by atoms with E-state index in [0.29, 0.717) is 17.5 Å². The van der Waals surface area contributed by atoms with Gasteiger partial charge in [0.25, 0.3) is 0 Å². The molecule has 2 atom stereocenters. The fourth-order valence-corrected chi connectivity index (χ4v) is 3.55. The molecule has 2 unspecified atom stereocenters. The summed E-state index contributed by atoms with van der Waals surface area (Å²) < 4.78 is 27.2. The Balaban J connectivity index is 1.93. The number of nitrogens with zero attached hydrogens (tertiary/aromatic N) is 1. The van der Waals surface area contributed by atoms with Crippen LogP contribution in [0.15, 0.2) is 18.2 Å². The van der Waals surface area contributed by atoms with E-state index < -0.39 is 11.6 Å². The summed E-state index contributed by atoms with van der Waals surface area (Å²) in [5, 5.41) is 3.69. The van der Waals surface area contributed by atoms with Crippen LogP contribution in [0.3, 0.4) is 0 Å². The van der Waals surface area contributed by atoms with Crippen molar-refractivity contribution in [2.45, 2.75) is 45.2 Å². The zero-order chi connectivity index (χ0) is 15.2. The highest BCUT2D eigenvalue weighted by atomic mass is 19.1. The molecule has 3 rings (SSSR count). The highest BCUT2D eigenvalue weighted by molar-refractivity contribution is 5.49. The second-order valence-corrected chi connectivity index (χ2v) is 7.14. The van der Waals surface area contributed by atoms with Crippen LogP contribution in [0.4, 0.5) is 14.5 Å². The van der Waals surface area contributed by atoms with E-state index >= 15 is 0 Å². The first-order valence-corrected chi connectivity index (χ1v) is 7.87. The van der Waals surface area contributed by atoms with Crippen LogP contribution >= 0.6 is 0 Å². The lowest BCUT2D eigenvalue weighted by atomic mass is 9.87. The highest BCUT2D eigenvalue weighted by Gasteiger charge is 2.46. The van der Waals surface area contributed by atoms with Crippen LogP contribution in [0.1, 0.15) is 33.6 Å². The Bertz CT molecular complexity index is 507. The van der Waals surface area contributed by atoms with E-state index in [1.165, 1.54) is 25.0 Å². The molecule has 1 N–H and O–H groups in total. The third-order valence-corrected chi connectivity index (χ3v) is 5.04. The molecule has 2 aliphatic rings. The third-order valence-electron chi connectivity index (χ3n) is 5.04. The molecule has 1 aliphatic heterocycles. The lowest BCUT2D eigenvalue weighted by Crippen LogP contribution is -2.65. The predicted molar refractivity (Wildman–Crippen MR) is 81.5 cm³/mol. The molecule has 4 heteroatoms. The van der Waals surface area contributed by atoms with Gasteiger partial charge in [0, 0.05) is 36.4 Å². The van der Waals surface area contributed by atoms with E-state index in [2.05, 4.69) is 31.0 Å². The molecule has 0 bridgehead atoms. The first kappa shape index (κ1) is 14.8. The molecule has 2 fully saturated rings. The molecule has 21 heavy (non-hydrogen) atoms. The maximum Gasteiger partial charge on any atom is 0.128 e. The van der Waals surface area contributed by atoms with Crippen LogP contribution in [-0.4, -0.2) is 24.7 Å². The monoisotopic (exact) mass is 294 g/mol. The van der Waals surface area contributed by atoms with Crippen LogP contribution in [-0.2, 0) is 0 Å². The average Bonchev–Trinajstić information content (AvgIpc) is 3.21. The molecule has 1 saturated carbocycles. The van der Waals surface area contributed by atoms with Crippen molar-refractivity contribution < 1.29 is 8.78 Å². The van der Waals surface area contributed by atoms with Crippen LogP contribution in [0, 0.1) is 23.5 Å². The smallest absolute Gasteiger partial charge is 0.128 e. The summed E-state index contributed by atoms with van der Waals surface area (Å²) in [4.78, 5) is 2.20. The standard InChI is InChI=1S/C17H24F2N2/c1-11(2)16-9-20-17(3,12-4-5-12)10-21(16)15-7-13(18)6-14(19)8-15/h6-8,11-12,16,20H,4-5,9-10H2,1-3H3. The van der Waals surface area contributed by atoms with Gasteiger partial charge in [0.05, 0.1) is 0 Å². The zero-order valence-corrected chi connectivity index (χ0v) is 13.0. The number of hydrogen-bond acceptors (Lipinski definition) is 2. The number of piperazine rings is 1. The Labute approximate surface area is 125 Å². The molecule has 0 spiro atoms. The number of anilines is 1. The van der Waals surface area contributed by atoms with Crippen molar-refractivity contribution in [3.05, 3.63) is 29.8 Å². The van der Waals surface area contributed by atoms with E-state index in [1.54, 1.807) is 0 Å². The van der Waals surface area contributed by atoms with E-state index in [-0.39, 0.29) is 11.6 Å². The minimum absolute atomic E-state index is 0.0498. The third kappa shape index (κ3) is 2.91. The summed E-state index contributed by atoms with van der Waals surface area (Å²) in [7, 11) is 0. The van der Waals surface area contributed by atoms with Crippen molar-refractivity contribution >= 4 is 5.69 Å². The maximum absolute atomic E-state index is 13.6. The van der Waals surface area contributed by atoms with Crippen molar-refractivity contribution in [3.8, 4) is 0 Å². The molecule has 1 aromatic carbocycles. The second-order valence-electron chi connectivity index (χ2n) is 7.14. The molecular weight excluding hydrogens is 270 g/mol. The SMILES string of the molecule is CC(C)C1CNC(C)(C2CC2)CN1c1cc(F)cc(F)c1. The van der Waals surface area contributed by atoms with E-state index in [1.807, 2.05) is 0 Å². The zero-order valence-electron chi connectivity index (χ0n) is 13.0. The Morgan fingerprint density at radius 2 is 1.81 bits per heavy atom. The molecule has 116 valence electrons. The summed E-state index contributed by atoms with van der Waals surface area (Å²) in [6, 6.07) is 4.11. The molecule has 1 aromatic rings. The molecule has 0 amide bonds. The van der Waals surface area contributed by atoms with E-state index in [4.69, 9.17) is 0 Å². The highest BCUT2D eigenvalue weighted by Crippen LogP contribution is 2.42. The Kier molecular flexibility index (Phi) is 3.68. The van der Waals surface area contributed by atoms with Crippen LogP contribution in [0.2, 0.25) is 0 Å². The largest absolute Gasteiger partial charge is 0.365 e. The van der Waals surface area contributed by atoms with E-state index in [9.17, 15) is 8.78 Å². The van der Waals surface area contributed by atoms with Crippen LogP contribution < -0.4 is 10.2 Å². The topological polar surface area (TPSA) is 15.3 Å². The lowest BCUT2D eigenvalue weighted by Gasteiger charge is -2.49. The first-order chi connectivity index (χ1) is 9.89. The van der Waals surface area contributed by atoms with E-state index in [0.717, 1.165) is 19.2 Å². The molecule has 1 aliphatic carbocycles. The van der Waals surface area contributed by atoms with Gasteiger partial charge in [-0.3, -0.25) is 0 Å². The van der Waals surface area contributed by atoms with Gasteiger partial charge in [-0.15, -0.1) is 0 Å². The fourth-order valence-electron chi connectivity index (χ4n) is 3.55. The Morgan fingerprint density at radius 3 is 2.33 bits per heavy atom. The van der Waals surface area contributed by atoms with Gasteiger partial charge in [0.15, 0.2) is 0 Å². The molecule has 1 heterocycles. The number of halogens is 2. The minimum Gasteiger partial charge on any atom is -0.365 e. The number of nitrogens with one attached hydrogen (secondary N) is 1. The maximum atomic E-state index is 13.6. The fraction of sp³-hybridized carbons (Fsp3) is 0.647. The molecule has 2 nitrogen and oxygen atoms in total. The Hall–Kier alpha value is -1.16. The van der Waals surface area contributed by atoms with Crippen LogP contribution in [0.25, 0.3) is 0 Å². The summed E-state index contributed by atoms with van der Waals surface area (Å²) in [6.45, 7) is 8.24. The van der Waals surface area contributed by atoms with Gasteiger partial charge in [-0.25, -0.2) is 8.78 Å². The van der Waals surface area contributed by atoms with Crippen LogP contribution in [0.5, 0.6) is 0 Å². The molecule has 1 saturated heterocycles. The van der Waals surface area contributed by atoms with Gasteiger partial charge >= 0.3 is 0 Å². The van der Waals surface area contributed by atoms with Crippen molar-refractivity contribution in [2.24, 2.45) is 11.8 Å². The normalized spacial score (nSPS) is 30.0. The van der Waals surface area contributed by atoms with Gasteiger partial charge in [0.1, 0.15) is 11.6 Å². The average molecular weight is 294 g/mol. The number of benzene rings is 1. The van der Waals surface area contributed by atoms with Gasteiger partial charge in [0.2, 0.25) is 0 Å². The van der Waals surface area contributed by atoms with Crippen molar-refractivity contribution in [1.82, 2.24) is 5.32 Å². The molecule has 0 radical (unpaired) electrons. The number of hydrogen-bond donors (Lipinski definition) is 1. The van der Waals surface area contributed by atoms with Gasteiger partial charge < -0.3 is 10.2 Å². The van der Waals surface area contributed by atoms with Crippen molar-refractivity contribution in [1.29, 1.82) is 0 Å². The van der Waals surface area contributed by atoms with Crippen molar-refractivity contribution in [2.75, 3.05) is 18.0 Å². The second kappa shape index (κ2) is 5.24. The van der Waals surface area contributed by atoms with Gasteiger partial charge in [-0.2, -0.15) is 0 Å². The van der Waals surface area contributed by atoms with Gasteiger partial charge in [-0.1, -0.05) is 13.8 Å². The van der Waals surface area contributed by atoms with Gasteiger partial charge in [-0.05, 0) is 43.7 Å². The molecule has 0 aromatic heterocycles. The number of rotatable bonds is 3. The van der Waals surface area contributed by atoms with Crippen molar-refractivity contribution in [3.63, 3.8) is 0 Å². The Morgan fingerprint density at radius 1 is 1.19 bits per heavy atom. The minimum atomic E-state index is -0.501. The lowest BCUT2D eigenvalue weighted by molar-refractivity contribution is 0.233.